The third-order valence-corrected chi connectivity index (χ3v) is 2.89. The molecule has 0 aliphatic heterocycles. The molecule has 0 unspecified atom stereocenters. The van der Waals surface area contributed by atoms with Crippen LogP contribution in [0.5, 0.6) is 5.75 Å². The highest BCUT2D eigenvalue weighted by Crippen LogP contribution is 2.17. The number of ether oxygens (including phenoxy) is 1. The molecule has 1 N–H and O–H groups in total. The van der Waals surface area contributed by atoms with E-state index in [1.165, 1.54) is 16.8 Å². The first kappa shape index (κ1) is 13.2. The second kappa shape index (κ2) is 6.64. The Morgan fingerprint density at radius 1 is 1.16 bits per heavy atom. The molecule has 0 spiro atoms. The summed E-state index contributed by atoms with van der Waals surface area (Å²) in [6.45, 7) is 7.07. The summed E-state index contributed by atoms with van der Waals surface area (Å²) in [6.07, 6.45) is 1.75. The summed E-state index contributed by atoms with van der Waals surface area (Å²) in [5.74, 6) is 0.879. The Labute approximate surface area is 114 Å². The molecule has 0 saturated carbocycles. The van der Waals surface area contributed by atoms with Crippen molar-refractivity contribution in [2.45, 2.75) is 13.5 Å². The number of benzene rings is 2. The van der Waals surface area contributed by atoms with Crippen molar-refractivity contribution in [1.82, 2.24) is 0 Å². The third kappa shape index (κ3) is 3.88. The van der Waals surface area contributed by atoms with Crippen molar-refractivity contribution in [2.75, 3.05) is 11.9 Å². The highest BCUT2D eigenvalue weighted by molar-refractivity contribution is 5.50. The maximum atomic E-state index is 5.53. The van der Waals surface area contributed by atoms with Gasteiger partial charge in [0.1, 0.15) is 12.4 Å². The molecule has 2 aromatic rings. The van der Waals surface area contributed by atoms with E-state index in [0.29, 0.717) is 6.61 Å². The van der Waals surface area contributed by atoms with Crippen LogP contribution in [0.4, 0.5) is 5.69 Å². The zero-order valence-corrected chi connectivity index (χ0v) is 11.2. The van der Waals surface area contributed by atoms with Gasteiger partial charge >= 0.3 is 0 Å². The predicted octanol–water partition coefficient (Wildman–Crippen LogP) is 4.17. The first-order chi connectivity index (χ1) is 9.29. The molecule has 2 nitrogen and oxygen atoms in total. The maximum absolute atomic E-state index is 5.53. The first-order valence-electron chi connectivity index (χ1n) is 6.42. The lowest BCUT2D eigenvalue weighted by atomic mass is 10.1. The van der Waals surface area contributed by atoms with Crippen LogP contribution < -0.4 is 10.1 Å². The molecule has 0 aliphatic rings. The van der Waals surface area contributed by atoms with E-state index >= 15 is 0 Å². The largest absolute Gasteiger partial charge is 0.490 e. The normalized spacial score (nSPS) is 9.95. The van der Waals surface area contributed by atoms with E-state index < -0.39 is 0 Å². The number of para-hydroxylation sites is 1. The molecule has 0 amide bonds. The van der Waals surface area contributed by atoms with Gasteiger partial charge in [0.15, 0.2) is 0 Å². The lowest BCUT2D eigenvalue weighted by Crippen LogP contribution is -2.01. The van der Waals surface area contributed by atoms with Crippen LogP contribution in [0.1, 0.15) is 11.1 Å². The van der Waals surface area contributed by atoms with Crippen LogP contribution in [0.15, 0.2) is 61.2 Å². The number of rotatable bonds is 6. The molecule has 2 aromatic carbocycles. The van der Waals surface area contributed by atoms with Crippen LogP contribution in [0.3, 0.4) is 0 Å². The minimum Gasteiger partial charge on any atom is -0.490 e. The van der Waals surface area contributed by atoms with E-state index in [0.717, 1.165) is 12.3 Å². The predicted molar refractivity (Wildman–Crippen MR) is 80.6 cm³/mol. The Hall–Kier alpha value is -2.22. The molecule has 2 rings (SSSR count). The zero-order chi connectivity index (χ0) is 13.5. The lowest BCUT2D eigenvalue weighted by molar-refractivity contribution is 0.363. The second-order valence-corrected chi connectivity index (χ2v) is 4.42. The van der Waals surface area contributed by atoms with Gasteiger partial charge in [-0.05, 0) is 36.2 Å². The average Bonchev–Trinajstić information content (AvgIpc) is 2.45. The Balaban J connectivity index is 1.99. The minimum atomic E-state index is 0.536. The highest BCUT2D eigenvalue weighted by Gasteiger charge is 1.99. The SMILES string of the molecule is C=CCOc1cccc(CNc2ccccc2C)c1. The van der Waals surface area contributed by atoms with E-state index in [9.17, 15) is 0 Å². The Morgan fingerprint density at radius 2 is 2.00 bits per heavy atom. The second-order valence-electron chi connectivity index (χ2n) is 4.42. The van der Waals surface area contributed by atoms with Crippen LogP contribution in [-0.4, -0.2) is 6.61 Å². The fourth-order valence-electron chi connectivity index (χ4n) is 1.87. The van der Waals surface area contributed by atoms with E-state index in [1.54, 1.807) is 6.08 Å². The van der Waals surface area contributed by atoms with Gasteiger partial charge in [-0.15, -0.1) is 0 Å². The van der Waals surface area contributed by atoms with Gasteiger partial charge in [-0.25, -0.2) is 0 Å². The summed E-state index contributed by atoms with van der Waals surface area (Å²) in [6, 6.07) is 16.4. The number of nitrogens with one attached hydrogen (secondary N) is 1. The molecule has 0 atom stereocenters. The van der Waals surface area contributed by atoms with Gasteiger partial charge in [-0.2, -0.15) is 0 Å². The summed E-state index contributed by atoms with van der Waals surface area (Å²) in [5.41, 5.74) is 3.62. The number of aryl methyl sites for hydroxylation is 1. The monoisotopic (exact) mass is 253 g/mol. The topological polar surface area (TPSA) is 21.3 Å². The molecule has 0 radical (unpaired) electrons. The van der Waals surface area contributed by atoms with E-state index in [1.807, 2.05) is 24.3 Å². The first-order valence-corrected chi connectivity index (χ1v) is 6.42. The van der Waals surface area contributed by atoms with Crippen molar-refractivity contribution < 1.29 is 4.74 Å². The van der Waals surface area contributed by atoms with Gasteiger partial charge in [0.05, 0.1) is 0 Å². The van der Waals surface area contributed by atoms with Crippen LogP contribution in [0, 0.1) is 6.92 Å². The molecule has 19 heavy (non-hydrogen) atoms. The van der Waals surface area contributed by atoms with E-state index in [2.05, 4.69) is 43.1 Å². The van der Waals surface area contributed by atoms with Crippen molar-refractivity contribution in [3.8, 4) is 5.75 Å². The van der Waals surface area contributed by atoms with Crippen LogP contribution in [-0.2, 0) is 6.54 Å². The van der Waals surface area contributed by atoms with Gasteiger partial charge < -0.3 is 10.1 Å². The zero-order valence-electron chi connectivity index (χ0n) is 11.2. The van der Waals surface area contributed by atoms with Crippen LogP contribution >= 0.6 is 0 Å². The Bertz CT molecular complexity index is 548. The van der Waals surface area contributed by atoms with Crippen molar-refractivity contribution in [3.63, 3.8) is 0 Å². The fourth-order valence-corrected chi connectivity index (χ4v) is 1.87. The van der Waals surface area contributed by atoms with Gasteiger partial charge in [-0.3, -0.25) is 0 Å². The molecular weight excluding hydrogens is 234 g/mol. The summed E-state index contributed by atoms with van der Waals surface area (Å²) < 4.78 is 5.53. The van der Waals surface area contributed by atoms with Crippen LogP contribution in [0.25, 0.3) is 0 Å². The summed E-state index contributed by atoms with van der Waals surface area (Å²) in [7, 11) is 0. The Morgan fingerprint density at radius 3 is 2.79 bits per heavy atom. The van der Waals surface area contributed by atoms with Gasteiger partial charge in [0, 0.05) is 12.2 Å². The molecule has 0 aromatic heterocycles. The smallest absolute Gasteiger partial charge is 0.120 e. The van der Waals surface area contributed by atoms with Crippen LogP contribution in [0.2, 0.25) is 0 Å². The summed E-state index contributed by atoms with van der Waals surface area (Å²) >= 11 is 0. The van der Waals surface area contributed by atoms with Crippen molar-refractivity contribution in [1.29, 1.82) is 0 Å². The molecule has 0 aliphatic carbocycles. The number of hydrogen-bond acceptors (Lipinski definition) is 2. The molecule has 0 saturated heterocycles. The average molecular weight is 253 g/mol. The standard InChI is InChI=1S/C17H19NO/c1-3-11-19-16-9-6-8-15(12-16)13-18-17-10-5-4-7-14(17)2/h3-10,12,18H,1,11,13H2,2H3. The van der Waals surface area contributed by atoms with Gasteiger partial charge in [0.25, 0.3) is 0 Å². The van der Waals surface area contributed by atoms with Gasteiger partial charge in [-0.1, -0.05) is 43.0 Å². The van der Waals surface area contributed by atoms with Crippen molar-refractivity contribution in [3.05, 3.63) is 72.3 Å². The molecule has 0 fully saturated rings. The minimum absolute atomic E-state index is 0.536. The quantitative estimate of drug-likeness (QED) is 0.780. The summed E-state index contributed by atoms with van der Waals surface area (Å²) in [4.78, 5) is 0. The van der Waals surface area contributed by atoms with Crippen molar-refractivity contribution in [2.24, 2.45) is 0 Å². The van der Waals surface area contributed by atoms with Crippen molar-refractivity contribution >= 4 is 5.69 Å². The van der Waals surface area contributed by atoms with E-state index in [-0.39, 0.29) is 0 Å². The number of hydrogen-bond donors (Lipinski definition) is 1. The van der Waals surface area contributed by atoms with E-state index in [4.69, 9.17) is 4.74 Å². The Kier molecular flexibility index (Phi) is 4.62. The molecular formula is C17H19NO. The lowest BCUT2D eigenvalue weighted by Gasteiger charge is -2.10. The molecule has 2 heteroatoms. The number of anilines is 1. The fraction of sp³-hybridized carbons (Fsp3) is 0.176. The third-order valence-electron chi connectivity index (χ3n) is 2.89. The van der Waals surface area contributed by atoms with Gasteiger partial charge in [0.2, 0.25) is 0 Å². The maximum Gasteiger partial charge on any atom is 0.120 e. The summed E-state index contributed by atoms with van der Waals surface area (Å²) in [5, 5.41) is 3.44. The highest BCUT2D eigenvalue weighted by atomic mass is 16.5. The molecule has 0 heterocycles. The molecule has 98 valence electrons. The molecule has 0 bridgehead atoms.